The SMILES string of the molecule is CCOC(=O)/C=C1\SC(=O)C(COC)=C1C(=O)OCC. The quantitative estimate of drug-likeness (QED) is 0.539. The summed E-state index contributed by atoms with van der Waals surface area (Å²) in [6.45, 7) is 3.70. The second-order valence-corrected chi connectivity index (χ2v) is 4.67. The van der Waals surface area contributed by atoms with Gasteiger partial charge in [-0.2, -0.15) is 0 Å². The highest BCUT2D eigenvalue weighted by Gasteiger charge is 2.34. The lowest BCUT2D eigenvalue weighted by molar-refractivity contribution is -0.138. The Bertz CT molecular complexity index is 477. The third-order valence-electron chi connectivity index (χ3n) is 2.30. The lowest BCUT2D eigenvalue weighted by Crippen LogP contribution is -2.12. The van der Waals surface area contributed by atoms with Crippen LogP contribution in [0.4, 0.5) is 0 Å². The fraction of sp³-hybridized carbons (Fsp3) is 0.462. The molecule has 1 rings (SSSR count). The lowest BCUT2D eigenvalue weighted by Gasteiger charge is -2.06. The van der Waals surface area contributed by atoms with Crippen LogP contribution in [0.15, 0.2) is 22.1 Å². The van der Waals surface area contributed by atoms with Gasteiger partial charge >= 0.3 is 11.9 Å². The molecule has 1 aliphatic heterocycles. The molecule has 0 saturated carbocycles. The van der Waals surface area contributed by atoms with Crippen LogP contribution in [0.2, 0.25) is 0 Å². The van der Waals surface area contributed by atoms with Gasteiger partial charge in [-0.25, -0.2) is 9.59 Å². The molecule has 0 unspecified atom stereocenters. The van der Waals surface area contributed by atoms with Crippen molar-refractivity contribution >= 4 is 28.8 Å². The summed E-state index contributed by atoms with van der Waals surface area (Å²) in [7, 11) is 1.42. The molecule has 0 aromatic rings. The van der Waals surface area contributed by atoms with Crippen LogP contribution < -0.4 is 0 Å². The Morgan fingerprint density at radius 3 is 2.40 bits per heavy atom. The van der Waals surface area contributed by atoms with Crippen molar-refractivity contribution in [1.29, 1.82) is 0 Å². The Morgan fingerprint density at radius 1 is 1.20 bits per heavy atom. The van der Waals surface area contributed by atoms with Gasteiger partial charge in [0, 0.05) is 23.7 Å². The van der Waals surface area contributed by atoms with E-state index in [0.717, 1.165) is 17.8 Å². The second kappa shape index (κ2) is 7.86. The van der Waals surface area contributed by atoms with Crippen molar-refractivity contribution in [3.05, 3.63) is 22.1 Å². The average molecular weight is 300 g/mol. The summed E-state index contributed by atoms with van der Waals surface area (Å²) in [6, 6.07) is 0. The van der Waals surface area contributed by atoms with E-state index in [1.165, 1.54) is 7.11 Å². The number of ether oxygens (including phenoxy) is 3. The third kappa shape index (κ3) is 3.94. The summed E-state index contributed by atoms with van der Waals surface area (Å²) >= 11 is 0.797. The molecule has 110 valence electrons. The molecule has 6 nitrogen and oxygen atoms in total. The van der Waals surface area contributed by atoms with Crippen molar-refractivity contribution in [2.24, 2.45) is 0 Å². The van der Waals surface area contributed by atoms with E-state index in [1.807, 2.05) is 0 Å². The van der Waals surface area contributed by atoms with Crippen LogP contribution in [0.25, 0.3) is 0 Å². The molecule has 0 aliphatic carbocycles. The molecule has 0 bridgehead atoms. The molecule has 0 atom stereocenters. The number of thioether (sulfide) groups is 1. The van der Waals surface area contributed by atoms with Crippen molar-refractivity contribution < 1.29 is 28.6 Å². The van der Waals surface area contributed by atoms with Gasteiger partial charge < -0.3 is 14.2 Å². The van der Waals surface area contributed by atoms with E-state index in [2.05, 4.69) is 0 Å². The van der Waals surface area contributed by atoms with Gasteiger partial charge in [0.1, 0.15) is 0 Å². The molecule has 0 spiro atoms. The van der Waals surface area contributed by atoms with E-state index in [0.29, 0.717) is 0 Å². The molecule has 0 fully saturated rings. The normalized spacial score (nSPS) is 16.8. The van der Waals surface area contributed by atoms with Crippen LogP contribution >= 0.6 is 11.8 Å². The summed E-state index contributed by atoms with van der Waals surface area (Å²) in [6.07, 6.45) is 1.13. The molecule has 0 amide bonds. The zero-order valence-electron chi connectivity index (χ0n) is 11.6. The van der Waals surface area contributed by atoms with Gasteiger partial charge in [-0.3, -0.25) is 4.79 Å². The third-order valence-corrected chi connectivity index (χ3v) is 3.27. The minimum absolute atomic E-state index is 0.0137. The number of hydrogen-bond donors (Lipinski definition) is 0. The summed E-state index contributed by atoms with van der Waals surface area (Å²) < 4.78 is 14.6. The van der Waals surface area contributed by atoms with Crippen molar-refractivity contribution in [2.75, 3.05) is 26.9 Å². The number of carbonyl (C=O) groups is 3. The Balaban J connectivity index is 3.15. The number of carbonyl (C=O) groups excluding carboxylic acids is 3. The summed E-state index contributed by atoms with van der Waals surface area (Å²) in [4.78, 5) is 35.5. The minimum atomic E-state index is -0.645. The van der Waals surface area contributed by atoms with E-state index in [9.17, 15) is 14.4 Å². The maximum atomic E-state index is 11.9. The molecular weight excluding hydrogens is 284 g/mol. The summed E-state index contributed by atoms with van der Waals surface area (Å²) in [5.74, 6) is -1.25. The molecule has 7 heteroatoms. The van der Waals surface area contributed by atoms with Crippen LogP contribution in [-0.2, 0) is 28.6 Å². The van der Waals surface area contributed by atoms with Gasteiger partial charge in [0.25, 0.3) is 0 Å². The Morgan fingerprint density at radius 2 is 1.85 bits per heavy atom. The van der Waals surface area contributed by atoms with Gasteiger partial charge in [0.05, 0.1) is 25.4 Å². The van der Waals surface area contributed by atoms with Crippen molar-refractivity contribution in [1.82, 2.24) is 0 Å². The summed E-state index contributed by atoms with van der Waals surface area (Å²) in [5, 5.41) is -0.328. The highest BCUT2D eigenvalue weighted by atomic mass is 32.2. The maximum Gasteiger partial charge on any atom is 0.339 e. The molecule has 0 aromatic heterocycles. The molecule has 0 radical (unpaired) electrons. The van der Waals surface area contributed by atoms with E-state index >= 15 is 0 Å². The van der Waals surface area contributed by atoms with Crippen LogP contribution in [0, 0.1) is 0 Å². The first-order valence-electron chi connectivity index (χ1n) is 6.05. The van der Waals surface area contributed by atoms with Gasteiger partial charge in [-0.1, -0.05) is 0 Å². The van der Waals surface area contributed by atoms with Crippen LogP contribution in [0.5, 0.6) is 0 Å². The Kier molecular flexibility index (Phi) is 6.47. The monoisotopic (exact) mass is 300 g/mol. The van der Waals surface area contributed by atoms with Crippen molar-refractivity contribution in [3.8, 4) is 0 Å². The molecule has 1 aliphatic rings. The predicted octanol–water partition coefficient (Wildman–Crippen LogP) is 1.21. The minimum Gasteiger partial charge on any atom is -0.463 e. The van der Waals surface area contributed by atoms with Crippen LogP contribution in [0.3, 0.4) is 0 Å². The predicted molar refractivity (Wildman–Crippen MR) is 72.8 cm³/mol. The van der Waals surface area contributed by atoms with Crippen molar-refractivity contribution in [2.45, 2.75) is 13.8 Å². The van der Waals surface area contributed by atoms with E-state index in [-0.39, 0.29) is 41.0 Å². The van der Waals surface area contributed by atoms with Crippen molar-refractivity contribution in [3.63, 3.8) is 0 Å². The number of esters is 2. The molecular formula is C13H16O6S. The summed E-state index contributed by atoms with van der Waals surface area (Å²) in [5.41, 5.74) is 0.281. The Labute approximate surface area is 121 Å². The van der Waals surface area contributed by atoms with E-state index < -0.39 is 11.9 Å². The van der Waals surface area contributed by atoms with E-state index in [4.69, 9.17) is 14.2 Å². The molecule has 1 heterocycles. The Hall–Kier alpha value is -1.60. The lowest BCUT2D eigenvalue weighted by atomic mass is 10.1. The number of hydrogen-bond acceptors (Lipinski definition) is 7. The van der Waals surface area contributed by atoms with Gasteiger partial charge in [0.15, 0.2) is 0 Å². The fourth-order valence-corrected chi connectivity index (χ4v) is 2.51. The topological polar surface area (TPSA) is 78.9 Å². The van der Waals surface area contributed by atoms with Gasteiger partial charge in [-0.05, 0) is 25.6 Å². The second-order valence-electron chi connectivity index (χ2n) is 3.66. The van der Waals surface area contributed by atoms with Crippen LogP contribution in [0.1, 0.15) is 13.8 Å². The van der Waals surface area contributed by atoms with Crippen LogP contribution in [-0.4, -0.2) is 44.0 Å². The van der Waals surface area contributed by atoms with Gasteiger partial charge in [0.2, 0.25) is 5.12 Å². The number of methoxy groups -OCH3 is 1. The first-order valence-corrected chi connectivity index (χ1v) is 6.86. The first kappa shape index (κ1) is 16.5. The first-order chi connectivity index (χ1) is 9.54. The maximum absolute atomic E-state index is 11.9. The largest absolute Gasteiger partial charge is 0.463 e. The molecule has 0 N–H and O–H groups in total. The molecule has 0 saturated heterocycles. The highest BCUT2D eigenvalue weighted by molar-refractivity contribution is 8.18. The zero-order valence-corrected chi connectivity index (χ0v) is 12.4. The smallest absolute Gasteiger partial charge is 0.339 e. The molecule has 20 heavy (non-hydrogen) atoms. The van der Waals surface area contributed by atoms with E-state index in [1.54, 1.807) is 13.8 Å². The fourth-order valence-electron chi connectivity index (χ4n) is 1.56. The zero-order chi connectivity index (χ0) is 15.1. The highest BCUT2D eigenvalue weighted by Crippen LogP contribution is 2.38. The van der Waals surface area contributed by atoms with Gasteiger partial charge in [-0.15, -0.1) is 0 Å². The number of rotatable bonds is 6. The molecule has 0 aromatic carbocycles. The standard InChI is InChI=1S/C13H16O6S/c1-4-18-10(14)6-9-11(12(15)19-5-2)8(7-17-3)13(16)20-9/h6H,4-5,7H2,1-3H3/b9-6-. The average Bonchev–Trinajstić information content (AvgIpc) is 2.67.